The first-order valence-corrected chi connectivity index (χ1v) is 7.62. The van der Waals surface area contributed by atoms with E-state index in [1.54, 1.807) is 0 Å². The van der Waals surface area contributed by atoms with Gasteiger partial charge in [-0.3, -0.25) is 0 Å². The summed E-state index contributed by atoms with van der Waals surface area (Å²) in [6.45, 7) is 9.44. The minimum atomic E-state index is -0.458. The SMILES string of the molecule is CCC[P+](CC)(CC)CCC.[I-]. The zero-order valence-electron chi connectivity index (χ0n) is 9.07. The Kier molecular flexibility index (Phi) is 11.4. The van der Waals surface area contributed by atoms with E-state index in [9.17, 15) is 0 Å². The molecule has 0 N–H and O–H groups in total. The van der Waals surface area contributed by atoms with Crippen LogP contribution < -0.4 is 24.0 Å². The molecule has 0 aromatic rings. The summed E-state index contributed by atoms with van der Waals surface area (Å²) in [7, 11) is -0.458. The van der Waals surface area contributed by atoms with Gasteiger partial charge in [-0.15, -0.1) is 0 Å². The summed E-state index contributed by atoms with van der Waals surface area (Å²) in [5.74, 6) is 0. The van der Waals surface area contributed by atoms with E-state index in [0.717, 1.165) is 0 Å². The Morgan fingerprint density at radius 3 is 1.25 bits per heavy atom. The molecule has 0 saturated heterocycles. The molecule has 0 spiro atoms. The first-order valence-electron chi connectivity index (χ1n) is 5.09. The van der Waals surface area contributed by atoms with Gasteiger partial charge in [-0.1, -0.05) is 13.8 Å². The molecule has 2 heteroatoms. The molecule has 0 aromatic carbocycles. The van der Waals surface area contributed by atoms with Gasteiger partial charge in [0, 0.05) is 7.26 Å². The second-order valence-electron chi connectivity index (χ2n) is 3.42. The molecule has 0 rings (SSSR count). The van der Waals surface area contributed by atoms with Gasteiger partial charge in [-0.05, 0) is 26.7 Å². The first kappa shape index (κ1) is 15.6. The van der Waals surface area contributed by atoms with Crippen LogP contribution in [0.4, 0.5) is 0 Å². The molecule has 0 unspecified atom stereocenters. The lowest BCUT2D eigenvalue weighted by atomic mass is 10.6. The van der Waals surface area contributed by atoms with E-state index in [1.807, 2.05) is 0 Å². The average molecular weight is 302 g/mol. The number of hydrogen-bond acceptors (Lipinski definition) is 0. The predicted octanol–water partition coefficient (Wildman–Crippen LogP) is 0.868. The van der Waals surface area contributed by atoms with Gasteiger partial charge in [0.15, 0.2) is 0 Å². The van der Waals surface area contributed by atoms with Gasteiger partial charge in [-0.2, -0.15) is 0 Å². The van der Waals surface area contributed by atoms with Crippen molar-refractivity contribution in [1.29, 1.82) is 0 Å². The van der Waals surface area contributed by atoms with E-state index in [0.29, 0.717) is 0 Å². The summed E-state index contributed by atoms with van der Waals surface area (Å²) >= 11 is 0. The van der Waals surface area contributed by atoms with E-state index >= 15 is 0 Å². The molecule has 0 aliphatic heterocycles. The summed E-state index contributed by atoms with van der Waals surface area (Å²) in [6, 6.07) is 0. The molecule has 0 radical (unpaired) electrons. The molecule has 0 heterocycles. The van der Waals surface area contributed by atoms with Crippen molar-refractivity contribution in [2.75, 3.05) is 24.6 Å². The standard InChI is InChI=1S/C10H24P.HI/c1-5-9-11(7-3,8-4)10-6-2;/h5-10H2,1-4H3;1H/q+1;/p-1. The normalized spacial score (nSPS) is 11.0. The van der Waals surface area contributed by atoms with Crippen molar-refractivity contribution in [2.24, 2.45) is 0 Å². The lowest BCUT2D eigenvalue weighted by Crippen LogP contribution is -3.00. The van der Waals surface area contributed by atoms with Crippen molar-refractivity contribution in [3.8, 4) is 0 Å². The lowest BCUT2D eigenvalue weighted by Gasteiger charge is -2.23. The van der Waals surface area contributed by atoms with Crippen LogP contribution in [0.25, 0.3) is 0 Å². The quantitative estimate of drug-likeness (QED) is 0.504. The van der Waals surface area contributed by atoms with Gasteiger partial charge in [0.25, 0.3) is 0 Å². The van der Waals surface area contributed by atoms with Gasteiger partial charge < -0.3 is 24.0 Å². The highest BCUT2D eigenvalue weighted by Crippen LogP contribution is 2.58. The van der Waals surface area contributed by atoms with Crippen LogP contribution in [0.5, 0.6) is 0 Å². The number of rotatable bonds is 6. The third kappa shape index (κ3) is 5.01. The maximum absolute atomic E-state index is 2.39. The van der Waals surface area contributed by atoms with E-state index in [4.69, 9.17) is 0 Å². The van der Waals surface area contributed by atoms with E-state index in [2.05, 4.69) is 27.7 Å². The van der Waals surface area contributed by atoms with Crippen molar-refractivity contribution >= 4 is 7.26 Å². The highest BCUT2D eigenvalue weighted by atomic mass is 127. The molecule has 0 fully saturated rings. The van der Waals surface area contributed by atoms with E-state index in [1.165, 1.54) is 37.5 Å². The van der Waals surface area contributed by atoms with Crippen molar-refractivity contribution in [1.82, 2.24) is 0 Å². The summed E-state index contributed by atoms with van der Waals surface area (Å²) in [5, 5.41) is 0. The van der Waals surface area contributed by atoms with E-state index in [-0.39, 0.29) is 24.0 Å². The first-order chi connectivity index (χ1) is 5.24. The van der Waals surface area contributed by atoms with Crippen LogP contribution in [0, 0.1) is 0 Å². The van der Waals surface area contributed by atoms with Crippen LogP contribution in [-0.4, -0.2) is 24.6 Å². The van der Waals surface area contributed by atoms with Gasteiger partial charge in [-0.25, -0.2) is 0 Å². The summed E-state index contributed by atoms with van der Waals surface area (Å²) in [4.78, 5) is 0. The van der Waals surface area contributed by atoms with Crippen LogP contribution in [0.15, 0.2) is 0 Å². The highest BCUT2D eigenvalue weighted by molar-refractivity contribution is 7.75. The van der Waals surface area contributed by atoms with Crippen molar-refractivity contribution < 1.29 is 24.0 Å². The van der Waals surface area contributed by atoms with Crippen LogP contribution in [-0.2, 0) is 0 Å². The van der Waals surface area contributed by atoms with Crippen molar-refractivity contribution in [3.05, 3.63) is 0 Å². The van der Waals surface area contributed by atoms with E-state index < -0.39 is 7.26 Å². The third-order valence-electron chi connectivity index (χ3n) is 2.74. The largest absolute Gasteiger partial charge is 1.00 e. The molecule has 0 aromatic heterocycles. The second kappa shape index (κ2) is 8.74. The van der Waals surface area contributed by atoms with Crippen LogP contribution in [0.1, 0.15) is 40.5 Å². The zero-order valence-corrected chi connectivity index (χ0v) is 12.1. The topological polar surface area (TPSA) is 0 Å². The molecule has 12 heavy (non-hydrogen) atoms. The maximum atomic E-state index is 2.39. The predicted molar refractivity (Wildman–Crippen MR) is 58.3 cm³/mol. The molecule has 0 amide bonds. The average Bonchev–Trinajstić information content (AvgIpc) is 2.04. The minimum absolute atomic E-state index is 0. The van der Waals surface area contributed by atoms with Gasteiger partial charge >= 0.3 is 0 Å². The molecule has 0 saturated carbocycles. The Balaban J connectivity index is 0. The molecule has 0 nitrogen and oxygen atoms in total. The molecule has 0 atom stereocenters. The van der Waals surface area contributed by atoms with Gasteiger partial charge in [0.1, 0.15) is 0 Å². The Morgan fingerprint density at radius 1 is 0.750 bits per heavy atom. The van der Waals surface area contributed by atoms with Crippen molar-refractivity contribution in [2.45, 2.75) is 40.5 Å². The molecular weight excluding hydrogens is 278 g/mol. The smallest absolute Gasteiger partial charge is 0.0591 e. The molecule has 0 bridgehead atoms. The van der Waals surface area contributed by atoms with Crippen molar-refractivity contribution in [3.63, 3.8) is 0 Å². The fourth-order valence-electron chi connectivity index (χ4n) is 1.92. The lowest BCUT2D eigenvalue weighted by molar-refractivity contribution is -0.00000269. The van der Waals surface area contributed by atoms with Gasteiger partial charge in [0.2, 0.25) is 0 Å². The summed E-state index contributed by atoms with van der Waals surface area (Å²) in [6.07, 6.45) is 8.82. The molecule has 0 aliphatic rings. The molecule has 0 aliphatic carbocycles. The molecular formula is C10H24IP. The van der Waals surface area contributed by atoms with Gasteiger partial charge in [0.05, 0.1) is 24.6 Å². The fraction of sp³-hybridized carbons (Fsp3) is 1.00. The Bertz CT molecular complexity index is 81.8. The fourth-order valence-corrected chi connectivity index (χ4v) is 5.75. The zero-order chi connectivity index (χ0) is 8.74. The Labute approximate surface area is 96.3 Å². The summed E-state index contributed by atoms with van der Waals surface area (Å²) in [5.41, 5.74) is 0. The number of halogens is 1. The van der Waals surface area contributed by atoms with Crippen LogP contribution in [0.3, 0.4) is 0 Å². The highest BCUT2D eigenvalue weighted by Gasteiger charge is 2.30. The Hall–Kier alpha value is 1.16. The van der Waals surface area contributed by atoms with Crippen LogP contribution >= 0.6 is 7.26 Å². The second-order valence-corrected chi connectivity index (χ2v) is 8.26. The van der Waals surface area contributed by atoms with Crippen LogP contribution in [0.2, 0.25) is 0 Å². The number of hydrogen-bond donors (Lipinski definition) is 0. The maximum Gasteiger partial charge on any atom is 0.0591 e. The Morgan fingerprint density at radius 2 is 1.08 bits per heavy atom. The summed E-state index contributed by atoms with van der Waals surface area (Å²) < 4.78 is 0. The molecule has 76 valence electrons. The monoisotopic (exact) mass is 302 g/mol. The third-order valence-corrected chi connectivity index (χ3v) is 8.21. The minimum Gasteiger partial charge on any atom is -1.00 e.